The van der Waals surface area contributed by atoms with Crippen LogP contribution >= 0.6 is 0 Å². The molecule has 0 aromatic rings. The Morgan fingerprint density at radius 2 is 1.80 bits per heavy atom. The van der Waals surface area contributed by atoms with Crippen molar-refractivity contribution in [2.75, 3.05) is 6.54 Å². The van der Waals surface area contributed by atoms with Gasteiger partial charge in [-0.15, -0.1) is 0 Å². The summed E-state index contributed by atoms with van der Waals surface area (Å²) >= 11 is 0. The predicted molar refractivity (Wildman–Crippen MR) is 49.0 cm³/mol. The molecule has 0 aliphatic carbocycles. The molecule has 90 valence electrons. The van der Waals surface area contributed by atoms with E-state index in [4.69, 9.17) is 5.11 Å². The maximum atomic E-state index is 12.2. The van der Waals surface area contributed by atoms with Crippen molar-refractivity contribution in [1.29, 1.82) is 0 Å². The Hall–Kier alpha value is -0.760. The molecule has 0 unspecified atom stereocenters. The van der Waals surface area contributed by atoms with E-state index in [1.54, 1.807) is 0 Å². The highest BCUT2D eigenvalue weighted by Crippen LogP contribution is 2.22. The summed E-state index contributed by atoms with van der Waals surface area (Å²) in [6, 6.07) is 0. The Morgan fingerprint density at radius 1 is 1.40 bits per heavy atom. The first-order valence-corrected chi connectivity index (χ1v) is 5.51. The van der Waals surface area contributed by atoms with Crippen LogP contribution in [0, 0.1) is 0 Å². The lowest BCUT2D eigenvalue weighted by molar-refractivity contribution is -0.138. The maximum absolute atomic E-state index is 12.2. The summed E-state index contributed by atoms with van der Waals surface area (Å²) < 4.78 is 47.0. The molecule has 0 aliphatic rings. The summed E-state index contributed by atoms with van der Waals surface area (Å²) in [6.45, 7) is 3.05. The van der Waals surface area contributed by atoms with Crippen LogP contribution in [0.3, 0.4) is 0 Å². The highest BCUT2D eigenvalue weighted by molar-refractivity contribution is 7.89. The van der Waals surface area contributed by atoms with Gasteiger partial charge in [0, 0.05) is 5.54 Å². The second-order valence-corrected chi connectivity index (χ2v) is 5.70. The van der Waals surface area contributed by atoms with Crippen molar-refractivity contribution in [3.63, 3.8) is 0 Å². The van der Waals surface area contributed by atoms with Crippen molar-refractivity contribution in [2.45, 2.75) is 32.1 Å². The summed E-state index contributed by atoms with van der Waals surface area (Å²) in [5.74, 6) is -5.09. The molecule has 0 spiro atoms. The molecule has 0 atom stereocenters. The van der Waals surface area contributed by atoms with Crippen LogP contribution in [0.5, 0.6) is 0 Å². The van der Waals surface area contributed by atoms with E-state index in [-0.39, 0.29) is 4.31 Å². The molecule has 0 saturated heterocycles. The van der Waals surface area contributed by atoms with Gasteiger partial charge in [-0.25, -0.2) is 8.42 Å². The molecule has 0 amide bonds. The van der Waals surface area contributed by atoms with E-state index >= 15 is 0 Å². The van der Waals surface area contributed by atoms with Gasteiger partial charge in [-0.05, 0) is 20.8 Å². The average molecular weight is 245 g/mol. The minimum absolute atomic E-state index is 0.271. The lowest BCUT2D eigenvalue weighted by Crippen LogP contribution is -2.50. The van der Waals surface area contributed by atoms with Crippen molar-refractivity contribution in [1.82, 2.24) is 4.31 Å². The Labute approximate surface area is 86.7 Å². The molecule has 0 aliphatic heterocycles. The fraction of sp³-hybridized carbons (Fsp3) is 0.857. The smallest absolute Gasteiger partial charge is 0.350 e. The number of nitrogens with zero attached hydrogens (tertiary/aromatic N) is 1. The summed E-state index contributed by atoms with van der Waals surface area (Å²) in [4.78, 5) is 10.4. The minimum Gasteiger partial charge on any atom is -0.480 e. The van der Waals surface area contributed by atoms with Gasteiger partial charge in [0.05, 0.1) is 0 Å². The zero-order valence-electron chi connectivity index (χ0n) is 8.57. The monoisotopic (exact) mass is 245 g/mol. The topological polar surface area (TPSA) is 74.7 Å². The largest absolute Gasteiger partial charge is 0.480 e. The molecule has 0 saturated carbocycles. The van der Waals surface area contributed by atoms with Gasteiger partial charge >= 0.3 is 11.7 Å². The average Bonchev–Trinajstić information content (AvgIpc) is 1.97. The van der Waals surface area contributed by atoms with Crippen LogP contribution < -0.4 is 0 Å². The number of halogens is 2. The number of carbonyl (C=O) groups is 1. The first-order chi connectivity index (χ1) is 6.49. The van der Waals surface area contributed by atoms with Gasteiger partial charge in [0.25, 0.3) is 10.0 Å². The van der Waals surface area contributed by atoms with Gasteiger partial charge in [0.15, 0.2) is 0 Å². The van der Waals surface area contributed by atoms with E-state index in [2.05, 4.69) is 0 Å². The van der Waals surface area contributed by atoms with Crippen LogP contribution in [0.1, 0.15) is 20.8 Å². The SMILES string of the molecule is CC(C)(C)N(CC(=O)O)S(=O)(=O)C(F)F. The molecule has 0 heterocycles. The lowest BCUT2D eigenvalue weighted by atomic mass is 10.1. The molecule has 15 heavy (non-hydrogen) atoms. The van der Waals surface area contributed by atoms with Crippen LogP contribution in [-0.2, 0) is 14.8 Å². The molecule has 1 N–H and O–H groups in total. The van der Waals surface area contributed by atoms with E-state index in [0.717, 1.165) is 0 Å². The minimum atomic E-state index is -4.87. The highest BCUT2D eigenvalue weighted by atomic mass is 32.2. The number of alkyl halides is 2. The maximum Gasteiger partial charge on any atom is 0.350 e. The van der Waals surface area contributed by atoms with Gasteiger partial charge in [0.1, 0.15) is 6.54 Å². The summed E-state index contributed by atoms with van der Waals surface area (Å²) in [5, 5.41) is 8.44. The summed E-state index contributed by atoms with van der Waals surface area (Å²) in [5.41, 5.74) is -1.20. The number of carboxylic acid groups (broad SMARTS) is 1. The fourth-order valence-electron chi connectivity index (χ4n) is 0.928. The van der Waals surface area contributed by atoms with Gasteiger partial charge in [-0.3, -0.25) is 4.79 Å². The summed E-state index contributed by atoms with van der Waals surface area (Å²) in [7, 11) is -4.87. The number of hydrogen-bond acceptors (Lipinski definition) is 3. The van der Waals surface area contributed by atoms with E-state index in [1.807, 2.05) is 0 Å². The fourth-order valence-corrected chi connectivity index (χ4v) is 2.17. The molecule has 0 bridgehead atoms. The summed E-state index contributed by atoms with van der Waals surface area (Å²) in [6.07, 6.45) is 0. The van der Waals surface area contributed by atoms with Gasteiger partial charge in [-0.2, -0.15) is 13.1 Å². The normalized spacial score (nSPS) is 13.5. The van der Waals surface area contributed by atoms with Crippen molar-refractivity contribution in [3.8, 4) is 0 Å². The predicted octanol–water partition coefficient (Wildman–Crippen LogP) is 0.724. The van der Waals surface area contributed by atoms with E-state index < -0.39 is 33.8 Å². The molecule has 8 heteroatoms. The Balaban J connectivity index is 5.23. The van der Waals surface area contributed by atoms with Crippen LogP contribution in [0.15, 0.2) is 0 Å². The molecule has 0 radical (unpaired) electrons. The zero-order chi connectivity index (χ0) is 12.4. The van der Waals surface area contributed by atoms with Gasteiger partial charge in [0.2, 0.25) is 0 Å². The first-order valence-electron chi connectivity index (χ1n) is 4.01. The number of sulfonamides is 1. The van der Waals surface area contributed by atoms with Gasteiger partial charge in [-0.1, -0.05) is 0 Å². The Bertz CT molecular complexity index is 333. The van der Waals surface area contributed by atoms with E-state index in [9.17, 15) is 22.0 Å². The van der Waals surface area contributed by atoms with Gasteiger partial charge < -0.3 is 5.11 Å². The van der Waals surface area contributed by atoms with Crippen LogP contribution in [0.2, 0.25) is 0 Å². The van der Waals surface area contributed by atoms with Crippen molar-refractivity contribution >= 4 is 16.0 Å². The number of hydrogen-bond donors (Lipinski definition) is 1. The number of aliphatic carboxylic acids is 1. The van der Waals surface area contributed by atoms with E-state index in [0.29, 0.717) is 0 Å². The lowest BCUT2D eigenvalue weighted by Gasteiger charge is -2.32. The molecule has 0 rings (SSSR count). The van der Waals surface area contributed by atoms with Crippen LogP contribution in [0.25, 0.3) is 0 Å². The quantitative estimate of drug-likeness (QED) is 0.792. The third-order valence-corrected chi connectivity index (χ3v) is 3.30. The molecule has 0 aromatic heterocycles. The second kappa shape index (κ2) is 4.40. The molecule has 5 nitrogen and oxygen atoms in total. The van der Waals surface area contributed by atoms with Crippen molar-refractivity contribution < 1.29 is 27.1 Å². The van der Waals surface area contributed by atoms with Crippen LogP contribution in [0.4, 0.5) is 8.78 Å². The molecular formula is C7H13F2NO4S. The zero-order valence-corrected chi connectivity index (χ0v) is 9.38. The molecular weight excluding hydrogens is 232 g/mol. The van der Waals surface area contributed by atoms with Crippen molar-refractivity contribution in [2.24, 2.45) is 0 Å². The number of rotatable bonds is 4. The Morgan fingerprint density at radius 3 is 2.00 bits per heavy atom. The van der Waals surface area contributed by atoms with Crippen LogP contribution in [-0.4, -0.2) is 41.6 Å². The van der Waals surface area contributed by atoms with E-state index in [1.165, 1.54) is 20.8 Å². The first kappa shape index (κ1) is 14.2. The number of carboxylic acids is 1. The molecule has 0 fully saturated rings. The third-order valence-electron chi connectivity index (χ3n) is 1.56. The second-order valence-electron chi connectivity index (χ2n) is 3.88. The Kier molecular flexibility index (Phi) is 4.17. The standard InChI is InChI=1S/C7H13F2NO4S/c1-7(2,3)10(4-5(11)12)15(13,14)6(8)9/h6H,4H2,1-3H3,(H,11,12). The van der Waals surface area contributed by atoms with Crippen molar-refractivity contribution in [3.05, 3.63) is 0 Å². The molecule has 0 aromatic carbocycles. The highest BCUT2D eigenvalue weighted by Gasteiger charge is 2.40. The third kappa shape index (κ3) is 3.71.